The first kappa shape index (κ1) is 28.3. The normalized spacial score (nSPS) is 36.8. The summed E-state index contributed by atoms with van der Waals surface area (Å²) in [5.41, 5.74) is 16.9. The highest BCUT2D eigenvalue weighted by Crippen LogP contribution is 2.63. The molecular weight excluding hydrogens is 558 g/mol. The number of ether oxygens (including phenoxy) is 4. The van der Waals surface area contributed by atoms with E-state index in [-0.39, 0.29) is 40.5 Å². The van der Waals surface area contributed by atoms with Crippen LogP contribution in [-0.4, -0.2) is 75.1 Å². The van der Waals surface area contributed by atoms with E-state index in [4.69, 9.17) is 30.4 Å². The molecule has 7 aliphatic rings. The van der Waals surface area contributed by atoms with Gasteiger partial charge in [-0.3, -0.25) is 9.59 Å². The summed E-state index contributed by atoms with van der Waals surface area (Å²) in [4.78, 5) is 27.7. The zero-order valence-corrected chi connectivity index (χ0v) is 25.9. The second-order valence-corrected chi connectivity index (χ2v) is 14.0. The number of hydrogen-bond donors (Lipinski definition) is 2. The van der Waals surface area contributed by atoms with Crippen molar-refractivity contribution < 1.29 is 28.5 Å². The molecule has 234 valence electrons. The molecule has 0 radical (unpaired) electrons. The summed E-state index contributed by atoms with van der Waals surface area (Å²) in [7, 11) is 5.54. The van der Waals surface area contributed by atoms with Crippen molar-refractivity contribution in [3.63, 3.8) is 0 Å². The molecule has 4 aliphatic carbocycles. The van der Waals surface area contributed by atoms with E-state index in [0.29, 0.717) is 37.1 Å². The number of methoxy groups -OCH3 is 2. The van der Waals surface area contributed by atoms with Crippen LogP contribution < -0.4 is 30.4 Å². The second kappa shape index (κ2) is 9.93. The van der Waals surface area contributed by atoms with E-state index in [1.807, 2.05) is 12.1 Å². The molecule has 6 unspecified atom stereocenters. The fourth-order valence-corrected chi connectivity index (χ4v) is 10.7. The first-order valence-electron chi connectivity index (χ1n) is 16.3. The number of likely N-dealkylation sites (N-methyl/N-ethyl adjacent to an activating group) is 1. The van der Waals surface area contributed by atoms with E-state index in [2.05, 4.69) is 24.1 Å². The van der Waals surface area contributed by atoms with Crippen molar-refractivity contribution in [1.29, 1.82) is 0 Å². The smallest absolute Gasteiger partial charge is 0.174 e. The van der Waals surface area contributed by atoms with Gasteiger partial charge in [-0.05, 0) is 93.8 Å². The van der Waals surface area contributed by atoms with E-state index < -0.39 is 6.10 Å². The molecule has 4 N–H and O–H groups in total. The Kier molecular flexibility index (Phi) is 6.40. The third kappa shape index (κ3) is 3.46. The molecule has 0 amide bonds. The maximum absolute atomic E-state index is 12.6. The van der Waals surface area contributed by atoms with Crippen LogP contribution in [0, 0.1) is 11.8 Å². The summed E-state index contributed by atoms with van der Waals surface area (Å²) in [6.07, 6.45) is 5.95. The van der Waals surface area contributed by atoms with Crippen molar-refractivity contribution in [2.45, 2.75) is 86.5 Å². The van der Waals surface area contributed by atoms with Gasteiger partial charge in [-0.2, -0.15) is 0 Å². The maximum atomic E-state index is 12.6. The number of benzene rings is 2. The summed E-state index contributed by atoms with van der Waals surface area (Å²) in [6.45, 7) is 1.57. The molecular formula is C35H43N3O6. The molecule has 3 aliphatic heterocycles. The summed E-state index contributed by atoms with van der Waals surface area (Å²) in [5, 5.41) is 0. The number of carbonyl (C=O) groups excluding carboxylic acids is 2. The highest BCUT2D eigenvalue weighted by atomic mass is 16.5. The van der Waals surface area contributed by atoms with Gasteiger partial charge >= 0.3 is 0 Å². The van der Waals surface area contributed by atoms with Crippen LogP contribution in [0.5, 0.6) is 23.0 Å². The summed E-state index contributed by atoms with van der Waals surface area (Å²) < 4.78 is 23.4. The lowest BCUT2D eigenvalue weighted by Gasteiger charge is -2.57. The van der Waals surface area contributed by atoms with Gasteiger partial charge in [0.1, 0.15) is 0 Å². The van der Waals surface area contributed by atoms with Gasteiger partial charge in [-0.1, -0.05) is 12.1 Å². The Morgan fingerprint density at radius 1 is 0.886 bits per heavy atom. The predicted octanol–water partition coefficient (Wildman–Crippen LogP) is 2.84. The minimum atomic E-state index is -0.453. The molecule has 9 rings (SSSR count). The Morgan fingerprint density at radius 2 is 1.50 bits per heavy atom. The third-order valence-electron chi connectivity index (χ3n) is 12.4. The molecule has 1 spiro atoms. The second-order valence-electron chi connectivity index (χ2n) is 14.0. The number of Topliss-reactive ketones (excluding diaryl/α,β-unsaturated/α-hetero) is 2. The lowest BCUT2D eigenvalue weighted by molar-refractivity contribution is -0.138. The van der Waals surface area contributed by atoms with Crippen LogP contribution in [0.1, 0.15) is 60.8 Å². The van der Waals surface area contributed by atoms with Crippen LogP contribution in [0.2, 0.25) is 0 Å². The fourth-order valence-electron chi connectivity index (χ4n) is 10.7. The number of likely N-dealkylation sites (tertiary alicyclic amines) is 1. The van der Waals surface area contributed by atoms with E-state index >= 15 is 0 Å². The van der Waals surface area contributed by atoms with Gasteiger partial charge in [0, 0.05) is 46.9 Å². The predicted molar refractivity (Wildman–Crippen MR) is 164 cm³/mol. The Bertz CT molecular complexity index is 1560. The van der Waals surface area contributed by atoms with Gasteiger partial charge in [0.2, 0.25) is 0 Å². The minimum absolute atomic E-state index is 0.0533. The minimum Gasteiger partial charge on any atom is -0.493 e. The summed E-state index contributed by atoms with van der Waals surface area (Å²) in [6, 6.07) is 8.77. The molecule has 2 saturated carbocycles. The Balaban J connectivity index is 0.000000131. The number of nitrogens with zero attached hydrogens (tertiary/aromatic N) is 1. The van der Waals surface area contributed by atoms with Crippen molar-refractivity contribution in [2.24, 2.45) is 23.3 Å². The van der Waals surface area contributed by atoms with Crippen LogP contribution in [0.3, 0.4) is 0 Å². The average Bonchev–Trinajstić information content (AvgIpc) is 3.56. The Labute approximate surface area is 258 Å². The van der Waals surface area contributed by atoms with E-state index in [0.717, 1.165) is 67.9 Å². The molecule has 0 aromatic heterocycles. The van der Waals surface area contributed by atoms with Crippen LogP contribution in [-0.2, 0) is 33.3 Å². The SMILES string of the molecule is COc1ccc2c3c1OC1C(=O)CCC(C(N)C2)[C@@]31CCN.COc1ccc2c3c1OC1C(=O)CCC4C(C2)N(C)CC[C@]314. The largest absolute Gasteiger partial charge is 0.493 e. The quantitative estimate of drug-likeness (QED) is 0.544. The fraction of sp³-hybridized carbons (Fsp3) is 0.600. The van der Waals surface area contributed by atoms with Gasteiger partial charge in [-0.15, -0.1) is 0 Å². The maximum Gasteiger partial charge on any atom is 0.174 e. The lowest BCUT2D eigenvalue weighted by Crippen LogP contribution is -2.65. The highest BCUT2D eigenvalue weighted by Gasteiger charge is 2.66. The molecule has 2 bridgehead atoms. The monoisotopic (exact) mass is 601 g/mol. The standard InChI is InChI=1S/C18H21NO3.C17H22N2O3/c1-19-8-7-18-11-4-5-13(20)17(18)22-16-14(21-2)6-3-10(15(16)18)9-12(11)19;1-21-13-5-2-9-8-11(19)10-3-4-12(20)16-17(10,6-7-18)14(9)15(13)22-16/h3,6,11-12,17H,4-5,7-9H2,1-2H3;2,5,10-11,16H,3-4,6-8,18-19H2,1H3/t11?,12?,17?,18-;10?,11?,16?,17-/m00/s1. The number of rotatable bonds is 4. The van der Waals surface area contributed by atoms with Crippen LogP contribution in [0.15, 0.2) is 24.3 Å². The number of nitrogens with two attached hydrogens (primary N) is 2. The van der Waals surface area contributed by atoms with Gasteiger partial charge in [0.25, 0.3) is 0 Å². The van der Waals surface area contributed by atoms with Crippen LogP contribution >= 0.6 is 0 Å². The van der Waals surface area contributed by atoms with Crippen molar-refractivity contribution >= 4 is 11.6 Å². The zero-order chi connectivity index (χ0) is 30.5. The molecule has 9 nitrogen and oxygen atoms in total. The first-order chi connectivity index (χ1) is 21.3. The van der Waals surface area contributed by atoms with Crippen molar-refractivity contribution in [1.82, 2.24) is 4.90 Å². The lowest BCUT2D eigenvalue weighted by atomic mass is 9.52. The van der Waals surface area contributed by atoms with Crippen LogP contribution in [0.4, 0.5) is 0 Å². The molecule has 3 heterocycles. The average molecular weight is 602 g/mol. The van der Waals surface area contributed by atoms with E-state index in [9.17, 15) is 9.59 Å². The van der Waals surface area contributed by atoms with Crippen molar-refractivity contribution in [3.05, 3.63) is 46.5 Å². The molecule has 44 heavy (non-hydrogen) atoms. The summed E-state index contributed by atoms with van der Waals surface area (Å²) >= 11 is 0. The third-order valence-corrected chi connectivity index (χ3v) is 12.4. The number of piperidine rings is 1. The molecule has 3 fully saturated rings. The van der Waals surface area contributed by atoms with E-state index in [1.165, 1.54) is 16.7 Å². The Morgan fingerprint density at radius 3 is 2.18 bits per heavy atom. The van der Waals surface area contributed by atoms with E-state index in [1.54, 1.807) is 14.2 Å². The molecule has 2 aromatic carbocycles. The number of hydrogen-bond acceptors (Lipinski definition) is 9. The molecule has 2 aromatic rings. The topological polar surface area (TPSA) is 126 Å². The van der Waals surface area contributed by atoms with Crippen molar-refractivity contribution in [2.75, 3.05) is 34.4 Å². The van der Waals surface area contributed by atoms with Crippen molar-refractivity contribution in [3.8, 4) is 23.0 Å². The van der Waals surface area contributed by atoms with Gasteiger partial charge in [-0.25, -0.2) is 0 Å². The van der Waals surface area contributed by atoms with Crippen LogP contribution in [0.25, 0.3) is 0 Å². The first-order valence-corrected chi connectivity index (χ1v) is 16.3. The van der Waals surface area contributed by atoms with Gasteiger partial charge < -0.3 is 35.3 Å². The molecule has 1 saturated heterocycles. The Hall–Kier alpha value is -3.14. The zero-order valence-electron chi connectivity index (χ0n) is 25.9. The van der Waals surface area contributed by atoms with Gasteiger partial charge in [0.05, 0.1) is 14.2 Å². The number of carbonyl (C=O) groups is 2. The highest BCUT2D eigenvalue weighted by molar-refractivity contribution is 5.90. The number of ketones is 2. The molecule has 8 atom stereocenters. The molecule has 9 heteroatoms. The van der Waals surface area contributed by atoms with Gasteiger partial charge in [0.15, 0.2) is 46.8 Å². The summed E-state index contributed by atoms with van der Waals surface area (Å²) in [5.74, 6) is 4.32.